The highest BCUT2D eigenvalue weighted by Crippen LogP contribution is 2.15. The van der Waals surface area contributed by atoms with Crippen molar-refractivity contribution in [1.82, 2.24) is 0 Å². The molecule has 90 valence electrons. The zero-order valence-electron chi connectivity index (χ0n) is 9.59. The lowest BCUT2D eigenvalue weighted by molar-refractivity contribution is 0.218. The van der Waals surface area contributed by atoms with Gasteiger partial charge in [0.1, 0.15) is 0 Å². The van der Waals surface area contributed by atoms with Crippen molar-refractivity contribution in [3.63, 3.8) is 0 Å². The molecule has 0 heterocycles. The third kappa shape index (κ3) is 4.43. The van der Waals surface area contributed by atoms with Crippen molar-refractivity contribution in [3.05, 3.63) is 35.9 Å². The van der Waals surface area contributed by atoms with E-state index < -0.39 is 10.8 Å². The molecule has 1 aromatic carbocycles. The Morgan fingerprint density at radius 3 is 2.62 bits per heavy atom. The SMILES string of the molecule is COCCS(=O)CC(CN)c1ccccc1. The van der Waals surface area contributed by atoms with Crippen molar-refractivity contribution in [3.8, 4) is 0 Å². The van der Waals surface area contributed by atoms with Gasteiger partial charge in [0.05, 0.1) is 6.61 Å². The van der Waals surface area contributed by atoms with Gasteiger partial charge in [-0.05, 0) is 5.56 Å². The molecule has 0 bridgehead atoms. The molecule has 0 saturated heterocycles. The second-order valence-electron chi connectivity index (χ2n) is 3.65. The first-order chi connectivity index (χ1) is 7.77. The summed E-state index contributed by atoms with van der Waals surface area (Å²) in [5, 5.41) is 0. The Morgan fingerprint density at radius 1 is 1.38 bits per heavy atom. The molecule has 0 saturated carbocycles. The first kappa shape index (κ1) is 13.4. The highest BCUT2D eigenvalue weighted by Gasteiger charge is 2.12. The van der Waals surface area contributed by atoms with E-state index in [2.05, 4.69) is 0 Å². The largest absolute Gasteiger partial charge is 0.384 e. The van der Waals surface area contributed by atoms with Crippen LogP contribution in [0.25, 0.3) is 0 Å². The second-order valence-corrected chi connectivity index (χ2v) is 5.27. The molecule has 1 aromatic rings. The number of nitrogens with two attached hydrogens (primary N) is 1. The number of ether oxygens (including phenoxy) is 1. The molecule has 1 rings (SSSR count). The van der Waals surface area contributed by atoms with Gasteiger partial charge >= 0.3 is 0 Å². The van der Waals surface area contributed by atoms with Crippen LogP contribution in [0.4, 0.5) is 0 Å². The minimum atomic E-state index is -0.855. The van der Waals surface area contributed by atoms with Crippen molar-refractivity contribution < 1.29 is 8.95 Å². The Balaban J connectivity index is 2.52. The predicted molar refractivity (Wildman–Crippen MR) is 68.0 cm³/mol. The lowest BCUT2D eigenvalue weighted by atomic mass is 10.0. The summed E-state index contributed by atoms with van der Waals surface area (Å²) >= 11 is 0. The third-order valence-corrected chi connectivity index (χ3v) is 3.85. The monoisotopic (exact) mass is 241 g/mol. The Morgan fingerprint density at radius 2 is 2.06 bits per heavy atom. The van der Waals surface area contributed by atoms with Crippen LogP contribution in [0.2, 0.25) is 0 Å². The highest BCUT2D eigenvalue weighted by molar-refractivity contribution is 7.85. The van der Waals surface area contributed by atoms with Crippen molar-refractivity contribution in [2.45, 2.75) is 5.92 Å². The Labute approximate surface area is 99.4 Å². The molecule has 0 aliphatic carbocycles. The molecule has 16 heavy (non-hydrogen) atoms. The fourth-order valence-corrected chi connectivity index (χ4v) is 2.81. The first-order valence-electron chi connectivity index (χ1n) is 5.37. The van der Waals surface area contributed by atoms with Crippen molar-refractivity contribution >= 4 is 10.8 Å². The predicted octanol–water partition coefficient (Wildman–Crippen LogP) is 1.12. The Kier molecular flexibility index (Phi) is 6.30. The van der Waals surface area contributed by atoms with Gasteiger partial charge in [0.15, 0.2) is 0 Å². The van der Waals surface area contributed by atoms with Gasteiger partial charge in [-0.15, -0.1) is 0 Å². The molecule has 4 heteroatoms. The summed E-state index contributed by atoms with van der Waals surface area (Å²) in [6.45, 7) is 1.07. The molecule has 3 nitrogen and oxygen atoms in total. The maximum absolute atomic E-state index is 11.7. The quantitative estimate of drug-likeness (QED) is 0.778. The zero-order chi connectivity index (χ0) is 11.8. The van der Waals surface area contributed by atoms with Crippen LogP contribution >= 0.6 is 0 Å². The Hall–Kier alpha value is -0.710. The van der Waals surface area contributed by atoms with Crippen LogP contribution in [0.1, 0.15) is 11.5 Å². The van der Waals surface area contributed by atoms with Gasteiger partial charge in [0.2, 0.25) is 0 Å². The van der Waals surface area contributed by atoms with Gasteiger partial charge in [-0.3, -0.25) is 4.21 Å². The molecule has 2 atom stereocenters. The molecule has 2 unspecified atom stereocenters. The van der Waals surface area contributed by atoms with Crippen LogP contribution in [-0.2, 0) is 15.5 Å². The van der Waals surface area contributed by atoms with Gasteiger partial charge in [0, 0.05) is 41.9 Å². The first-order valence-corrected chi connectivity index (χ1v) is 6.85. The number of hydrogen-bond donors (Lipinski definition) is 1. The van der Waals surface area contributed by atoms with Crippen LogP contribution in [-0.4, -0.2) is 36.0 Å². The summed E-state index contributed by atoms with van der Waals surface area (Å²) < 4.78 is 16.6. The summed E-state index contributed by atoms with van der Waals surface area (Å²) in [6, 6.07) is 10.0. The average Bonchev–Trinajstić information content (AvgIpc) is 2.34. The fraction of sp³-hybridized carbons (Fsp3) is 0.500. The van der Waals surface area contributed by atoms with E-state index in [1.807, 2.05) is 30.3 Å². The summed E-state index contributed by atoms with van der Waals surface area (Å²) in [5.41, 5.74) is 6.88. The van der Waals surface area contributed by atoms with E-state index in [0.29, 0.717) is 24.7 Å². The van der Waals surface area contributed by atoms with E-state index in [4.69, 9.17) is 10.5 Å². The molecular weight excluding hydrogens is 222 g/mol. The van der Waals surface area contributed by atoms with Gasteiger partial charge in [-0.1, -0.05) is 30.3 Å². The molecule has 0 aliphatic heterocycles. The third-order valence-electron chi connectivity index (χ3n) is 2.46. The number of hydrogen-bond acceptors (Lipinski definition) is 3. The van der Waals surface area contributed by atoms with E-state index in [9.17, 15) is 4.21 Å². The molecule has 2 N–H and O–H groups in total. The average molecular weight is 241 g/mol. The number of benzene rings is 1. The van der Waals surface area contributed by atoms with Crippen molar-refractivity contribution in [2.24, 2.45) is 5.73 Å². The minimum Gasteiger partial charge on any atom is -0.384 e. The van der Waals surface area contributed by atoms with Crippen molar-refractivity contribution in [1.29, 1.82) is 0 Å². The topological polar surface area (TPSA) is 52.3 Å². The van der Waals surface area contributed by atoms with E-state index >= 15 is 0 Å². The van der Waals surface area contributed by atoms with Crippen LogP contribution in [0.15, 0.2) is 30.3 Å². The van der Waals surface area contributed by atoms with Crippen LogP contribution in [0.3, 0.4) is 0 Å². The maximum Gasteiger partial charge on any atom is 0.0577 e. The smallest absolute Gasteiger partial charge is 0.0577 e. The second kappa shape index (κ2) is 7.54. The van der Waals surface area contributed by atoms with Gasteiger partial charge in [-0.2, -0.15) is 0 Å². The lowest BCUT2D eigenvalue weighted by Gasteiger charge is -2.14. The highest BCUT2D eigenvalue weighted by atomic mass is 32.2. The maximum atomic E-state index is 11.7. The fourth-order valence-electron chi connectivity index (χ4n) is 1.51. The minimum absolute atomic E-state index is 0.180. The molecule has 0 radical (unpaired) electrons. The van der Waals surface area contributed by atoms with E-state index in [1.54, 1.807) is 7.11 Å². The lowest BCUT2D eigenvalue weighted by Crippen LogP contribution is -2.21. The van der Waals surface area contributed by atoms with Gasteiger partial charge in [0.25, 0.3) is 0 Å². The van der Waals surface area contributed by atoms with E-state index in [1.165, 1.54) is 0 Å². The van der Waals surface area contributed by atoms with Crippen molar-refractivity contribution in [2.75, 3.05) is 31.8 Å². The van der Waals surface area contributed by atoms with Gasteiger partial charge in [-0.25, -0.2) is 0 Å². The summed E-state index contributed by atoms with van der Waals surface area (Å²) in [5.74, 6) is 1.38. The summed E-state index contributed by atoms with van der Waals surface area (Å²) in [6.07, 6.45) is 0. The van der Waals surface area contributed by atoms with Crippen LogP contribution in [0, 0.1) is 0 Å². The normalized spacial score (nSPS) is 14.6. The summed E-state index contributed by atoms with van der Waals surface area (Å²) in [7, 11) is 0.765. The standard InChI is InChI=1S/C12H19NO2S/c1-15-7-8-16(14)10-12(9-13)11-5-3-2-4-6-11/h2-6,12H,7-10,13H2,1H3. The van der Waals surface area contributed by atoms with E-state index in [0.717, 1.165) is 5.56 Å². The molecular formula is C12H19NO2S. The van der Waals surface area contributed by atoms with Crippen LogP contribution in [0.5, 0.6) is 0 Å². The summed E-state index contributed by atoms with van der Waals surface area (Å²) in [4.78, 5) is 0. The molecule has 0 spiro atoms. The molecule has 0 aromatic heterocycles. The molecule has 0 aliphatic rings. The van der Waals surface area contributed by atoms with E-state index in [-0.39, 0.29) is 5.92 Å². The molecule has 0 amide bonds. The zero-order valence-corrected chi connectivity index (χ0v) is 10.4. The number of methoxy groups -OCH3 is 1. The molecule has 0 fully saturated rings. The van der Waals surface area contributed by atoms with Gasteiger partial charge < -0.3 is 10.5 Å². The Bertz CT molecular complexity index is 316. The van der Waals surface area contributed by atoms with Crippen LogP contribution < -0.4 is 5.73 Å². The number of rotatable bonds is 7.